The third kappa shape index (κ3) is 4.29. The molecular formula is C20H18FN5O2. The molecule has 0 radical (unpaired) electrons. The van der Waals surface area contributed by atoms with E-state index in [1.165, 1.54) is 25.4 Å². The highest BCUT2D eigenvalue weighted by atomic mass is 19.1. The summed E-state index contributed by atoms with van der Waals surface area (Å²) in [5.74, 6) is -1.04. The Kier molecular flexibility index (Phi) is 5.59. The van der Waals surface area contributed by atoms with Gasteiger partial charge in [0.05, 0.1) is 11.9 Å². The zero-order chi connectivity index (χ0) is 20.1. The van der Waals surface area contributed by atoms with Crippen molar-refractivity contribution in [3.05, 3.63) is 77.4 Å². The molecule has 0 unspecified atom stereocenters. The van der Waals surface area contributed by atoms with E-state index >= 15 is 0 Å². The number of amides is 2. The molecule has 0 spiro atoms. The number of nitrogens with two attached hydrogens (primary N) is 1. The summed E-state index contributed by atoms with van der Waals surface area (Å²) in [5.41, 5.74) is 7.96. The zero-order valence-corrected chi connectivity index (χ0v) is 15.1. The number of hydrogen-bond acceptors (Lipinski definition) is 5. The Morgan fingerprint density at radius 3 is 2.57 bits per heavy atom. The predicted molar refractivity (Wildman–Crippen MR) is 103 cm³/mol. The highest BCUT2D eigenvalue weighted by molar-refractivity contribution is 5.97. The lowest BCUT2D eigenvalue weighted by atomic mass is 10.1. The van der Waals surface area contributed by atoms with Crippen molar-refractivity contribution in [2.45, 2.75) is 6.54 Å². The Bertz CT molecular complexity index is 1020. The molecule has 0 fully saturated rings. The maximum absolute atomic E-state index is 13.0. The van der Waals surface area contributed by atoms with E-state index in [1.54, 1.807) is 36.4 Å². The van der Waals surface area contributed by atoms with Crippen LogP contribution in [0.15, 0.2) is 54.7 Å². The number of nitrogens with zero attached hydrogens (tertiary/aromatic N) is 2. The van der Waals surface area contributed by atoms with Crippen molar-refractivity contribution in [1.82, 2.24) is 20.6 Å². The second-order valence-corrected chi connectivity index (χ2v) is 5.96. The summed E-state index contributed by atoms with van der Waals surface area (Å²) in [6.07, 6.45) is 1.44. The number of carbonyl (C=O) groups is 2. The van der Waals surface area contributed by atoms with Crippen molar-refractivity contribution >= 4 is 17.6 Å². The summed E-state index contributed by atoms with van der Waals surface area (Å²) < 4.78 is 13.0. The average molecular weight is 379 g/mol. The minimum absolute atomic E-state index is 0.0196. The summed E-state index contributed by atoms with van der Waals surface area (Å²) in [4.78, 5) is 32.5. The molecular weight excluding hydrogens is 361 g/mol. The van der Waals surface area contributed by atoms with E-state index in [0.29, 0.717) is 16.8 Å². The topological polar surface area (TPSA) is 110 Å². The average Bonchev–Trinajstić information content (AvgIpc) is 2.73. The van der Waals surface area contributed by atoms with E-state index in [-0.39, 0.29) is 29.8 Å². The fourth-order valence-electron chi connectivity index (χ4n) is 2.53. The number of rotatable bonds is 5. The fraction of sp³-hybridized carbons (Fsp3) is 0.100. The standard InChI is InChI=1S/C20H18FN5O2/c1-23-20(28)17-18(22)24-11-16(26-17)13-3-2-4-14(9-13)19(27)25-10-12-5-7-15(21)8-6-12/h2-9,11H,10H2,1H3,(H2,22,24)(H,23,28)(H,25,27). The number of benzene rings is 2. The molecule has 8 heteroatoms. The van der Waals surface area contributed by atoms with E-state index in [0.717, 1.165) is 5.56 Å². The van der Waals surface area contributed by atoms with Crippen molar-refractivity contribution in [3.63, 3.8) is 0 Å². The summed E-state index contributed by atoms with van der Waals surface area (Å²) in [6.45, 7) is 0.270. The number of nitrogen functional groups attached to an aromatic ring is 1. The predicted octanol–water partition coefficient (Wildman–Crippen LogP) is 2.15. The Morgan fingerprint density at radius 1 is 1.11 bits per heavy atom. The second kappa shape index (κ2) is 8.26. The van der Waals surface area contributed by atoms with Gasteiger partial charge in [-0.2, -0.15) is 0 Å². The van der Waals surface area contributed by atoms with Gasteiger partial charge >= 0.3 is 0 Å². The maximum atomic E-state index is 13.0. The molecule has 0 aliphatic rings. The van der Waals surface area contributed by atoms with Gasteiger partial charge in [0.2, 0.25) is 0 Å². The molecule has 0 aliphatic carbocycles. The molecule has 2 aromatic carbocycles. The summed E-state index contributed by atoms with van der Waals surface area (Å²) in [5, 5.41) is 5.24. The molecule has 0 bridgehead atoms. The lowest BCUT2D eigenvalue weighted by Gasteiger charge is -2.09. The van der Waals surface area contributed by atoms with E-state index in [4.69, 9.17) is 5.73 Å². The number of anilines is 1. The fourth-order valence-corrected chi connectivity index (χ4v) is 2.53. The van der Waals surface area contributed by atoms with Crippen LogP contribution in [0.2, 0.25) is 0 Å². The molecule has 28 heavy (non-hydrogen) atoms. The van der Waals surface area contributed by atoms with Crippen LogP contribution in [0.3, 0.4) is 0 Å². The van der Waals surface area contributed by atoms with Crippen LogP contribution in [0.1, 0.15) is 26.4 Å². The van der Waals surface area contributed by atoms with Crippen molar-refractivity contribution < 1.29 is 14.0 Å². The molecule has 3 aromatic rings. The van der Waals surface area contributed by atoms with Crippen LogP contribution in [0.4, 0.5) is 10.2 Å². The van der Waals surface area contributed by atoms with Gasteiger partial charge in [-0.15, -0.1) is 0 Å². The number of hydrogen-bond donors (Lipinski definition) is 3. The Balaban J connectivity index is 1.79. The van der Waals surface area contributed by atoms with Gasteiger partial charge in [0.1, 0.15) is 5.82 Å². The van der Waals surface area contributed by atoms with E-state index in [1.807, 2.05) is 0 Å². The van der Waals surface area contributed by atoms with Crippen LogP contribution >= 0.6 is 0 Å². The minimum Gasteiger partial charge on any atom is -0.382 e. The molecule has 0 aliphatic heterocycles. The van der Waals surface area contributed by atoms with Crippen LogP contribution in [0, 0.1) is 5.82 Å². The monoisotopic (exact) mass is 379 g/mol. The third-order valence-corrected chi connectivity index (χ3v) is 4.03. The molecule has 0 atom stereocenters. The van der Waals surface area contributed by atoms with Gasteiger partial charge in [0.25, 0.3) is 11.8 Å². The SMILES string of the molecule is CNC(=O)c1nc(-c2cccc(C(=O)NCc3ccc(F)cc3)c2)cnc1N. The van der Waals surface area contributed by atoms with Crippen molar-refractivity contribution in [3.8, 4) is 11.3 Å². The summed E-state index contributed by atoms with van der Waals surface area (Å²) in [7, 11) is 1.47. The summed E-state index contributed by atoms with van der Waals surface area (Å²) in [6, 6.07) is 12.7. The van der Waals surface area contributed by atoms with Crippen LogP contribution in [0.25, 0.3) is 11.3 Å². The largest absolute Gasteiger partial charge is 0.382 e. The second-order valence-electron chi connectivity index (χ2n) is 5.96. The van der Waals surface area contributed by atoms with Crippen LogP contribution in [-0.4, -0.2) is 28.8 Å². The Morgan fingerprint density at radius 2 is 1.86 bits per heavy atom. The minimum atomic E-state index is -0.444. The first kappa shape index (κ1) is 19.0. The molecule has 0 saturated heterocycles. The number of aromatic nitrogens is 2. The van der Waals surface area contributed by atoms with Crippen LogP contribution < -0.4 is 16.4 Å². The molecule has 142 valence electrons. The highest BCUT2D eigenvalue weighted by Gasteiger charge is 2.14. The zero-order valence-electron chi connectivity index (χ0n) is 15.1. The van der Waals surface area contributed by atoms with Gasteiger partial charge in [0, 0.05) is 24.7 Å². The lowest BCUT2D eigenvalue weighted by Crippen LogP contribution is -2.23. The number of carbonyl (C=O) groups excluding carboxylic acids is 2. The molecule has 0 saturated carbocycles. The smallest absolute Gasteiger partial charge is 0.273 e. The van der Waals surface area contributed by atoms with Gasteiger partial charge in [0.15, 0.2) is 11.5 Å². The van der Waals surface area contributed by atoms with Gasteiger partial charge in [-0.1, -0.05) is 24.3 Å². The van der Waals surface area contributed by atoms with E-state index in [2.05, 4.69) is 20.6 Å². The number of nitrogens with one attached hydrogen (secondary N) is 2. The Hall–Kier alpha value is -3.81. The highest BCUT2D eigenvalue weighted by Crippen LogP contribution is 2.20. The van der Waals surface area contributed by atoms with Crippen molar-refractivity contribution in [2.24, 2.45) is 0 Å². The first-order valence-corrected chi connectivity index (χ1v) is 8.45. The van der Waals surface area contributed by atoms with Crippen LogP contribution in [0.5, 0.6) is 0 Å². The normalized spacial score (nSPS) is 10.4. The van der Waals surface area contributed by atoms with Gasteiger partial charge < -0.3 is 16.4 Å². The van der Waals surface area contributed by atoms with E-state index in [9.17, 15) is 14.0 Å². The molecule has 2 amide bonds. The molecule has 4 N–H and O–H groups in total. The first-order valence-electron chi connectivity index (χ1n) is 8.45. The molecule has 7 nitrogen and oxygen atoms in total. The first-order chi connectivity index (χ1) is 13.5. The molecule has 1 heterocycles. The van der Waals surface area contributed by atoms with Crippen molar-refractivity contribution in [2.75, 3.05) is 12.8 Å². The van der Waals surface area contributed by atoms with Gasteiger partial charge in [-0.05, 0) is 29.8 Å². The third-order valence-electron chi connectivity index (χ3n) is 4.03. The number of halogens is 1. The van der Waals surface area contributed by atoms with Crippen molar-refractivity contribution in [1.29, 1.82) is 0 Å². The lowest BCUT2D eigenvalue weighted by molar-refractivity contribution is 0.0945. The maximum Gasteiger partial charge on any atom is 0.273 e. The molecule has 3 rings (SSSR count). The van der Waals surface area contributed by atoms with E-state index < -0.39 is 5.91 Å². The van der Waals surface area contributed by atoms with Gasteiger partial charge in [-0.25, -0.2) is 14.4 Å². The Labute approximate surface area is 160 Å². The summed E-state index contributed by atoms with van der Waals surface area (Å²) >= 11 is 0. The molecule has 1 aromatic heterocycles. The van der Waals surface area contributed by atoms with Gasteiger partial charge in [-0.3, -0.25) is 9.59 Å². The van der Waals surface area contributed by atoms with Crippen LogP contribution in [-0.2, 0) is 6.54 Å². The quantitative estimate of drug-likeness (QED) is 0.629.